The van der Waals surface area contributed by atoms with Crippen molar-refractivity contribution in [3.8, 4) is 78.1 Å². The third kappa shape index (κ3) is 10.3. The van der Waals surface area contributed by atoms with Crippen LogP contribution in [0.4, 0.5) is 34.1 Å². The quantitative estimate of drug-likeness (QED) is 0.164. The van der Waals surface area contributed by atoms with Crippen LogP contribution in [0.5, 0.6) is 0 Å². The molecule has 3 aliphatic rings. The maximum atomic E-state index is 7.21. The predicted molar refractivity (Wildman–Crippen MR) is 513 cm³/mol. The molecule has 0 amide bonds. The van der Waals surface area contributed by atoms with Crippen molar-refractivity contribution in [1.29, 1.82) is 0 Å². The molecule has 17 aromatic carbocycles. The highest BCUT2D eigenvalue weighted by atomic mass is 16.3. The van der Waals surface area contributed by atoms with Gasteiger partial charge in [0.15, 0.2) is 11.2 Å². The van der Waals surface area contributed by atoms with Gasteiger partial charge in [-0.3, -0.25) is 0 Å². The van der Waals surface area contributed by atoms with Crippen LogP contribution >= 0.6 is 0 Å². The zero-order chi connectivity index (χ0) is 81.7. The monoisotopic (exact) mass is 1570 g/mol. The van der Waals surface area contributed by atoms with Gasteiger partial charge in [0, 0.05) is 110 Å². The molecule has 0 fully saturated rings. The summed E-state index contributed by atoms with van der Waals surface area (Å²) in [5.41, 5.74) is 37.4. The second-order valence-corrected chi connectivity index (χ2v) is 37.1. The Balaban J connectivity index is 0.888. The van der Waals surface area contributed by atoms with Crippen molar-refractivity contribution in [2.24, 2.45) is 0 Å². The Morgan fingerprint density at radius 1 is 0.238 bits per heavy atom. The molecule has 0 aliphatic carbocycles. The van der Waals surface area contributed by atoms with E-state index in [2.05, 4.69) is 421 Å². The Kier molecular flexibility index (Phi) is 14.7. The summed E-state index contributed by atoms with van der Waals surface area (Å²) in [6, 6.07) is 129. The van der Waals surface area contributed by atoms with Crippen LogP contribution in [-0.4, -0.2) is 15.8 Å². The first kappa shape index (κ1) is 70.4. The average molecular weight is 1570 g/mol. The predicted octanol–water partition coefficient (Wildman–Crippen LogP) is 29.9. The van der Waals surface area contributed by atoms with Crippen molar-refractivity contribution in [3.05, 3.63) is 356 Å². The SMILES string of the molecule is CC(C)(C)c1cc(-c2ccccc2)c2c(c1)-c1cccc(c1)-c1ccc3oc4ccc(cc4c3c1)-c1cccc(c1)-c1cc(C(C)(C)C)cc(-c3ccccc3)c1N1c3cc(-n4c5ccccc5c5ccc6c7ccccc7oc6c54)ccc3B3c4ccc(-n5c6ccccc6c6ccc7c8ccccc8oc7c65)cc4N2c2cc(C(C)(C)C)cc1c23. The van der Waals surface area contributed by atoms with Crippen molar-refractivity contribution in [2.75, 3.05) is 9.80 Å². The third-order valence-corrected chi connectivity index (χ3v) is 26.8. The van der Waals surface area contributed by atoms with Gasteiger partial charge in [-0.25, -0.2) is 0 Å². The molecule has 0 spiro atoms. The Hall–Kier alpha value is -14.6. The second-order valence-electron chi connectivity index (χ2n) is 37.1. The third-order valence-electron chi connectivity index (χ3n) is 26.8. The van der Waals surface area contributed by atoms with Crippen LogP contribution in [0.15, 0.2) is 353 Å². The lowest BCUT2D eigenvalue weighted by molar-refractivity contribution is 0.590. The van der Waals surface area contributed by atoms with E-state index >= 15 is 0 Å². The minimum Gasteiger partial charge on any atom is -0.456 e. The van der Waals surface area contributed by atoms with Crippen LogP contribution in [0.3, 0.4) is 0 Å². The fraction of sp³-hybridized carbons (Fsp3) is 0.105. The van der Waals surface area contributed by atoms with Gasteiger partial charge in [-0.2, -0.15) is 0 Å². The topological polar surface area (TPSA) is 55.8 Å². The van der Waals surface area contributed by atoms with Gasteiger partial charge in [-0.05, 0) is 227 Å². The van der Waals surface area contributed by atoms with Gasteiger partial charge in [0.2, 0.25) is 0 Å². The summed E-state index contributed by atoms with van der Waals surface area (Å²) >= 11 is 0. The van der Waals surface area contributed by atoms with Gasteiger partial charge >= 0.3 is 0 Å². The molecule has 0 unspecified atom stereocenters. The van der Waals surface area contributed by atoms with Gasteiger partial charge in [-0.1, -0.05) is 269 Å². The zero-order valence-electron chi connectivity index (χ0n) is 69.4. The summed E-state index contributed by atoms with van der Waals surface area (Å²) in [5.74, 6) is 0. The van der Waals surface area contributed by atoms with Gasteiger partial charge < -0.3 is 32.2 Å². The minimum absolute atomic E-state index is 0.289. The summed E-state index contributed by atoms with van der Waals surface area (Å²) in [6.45, 7) is 21.1. The molecule has 122 heavy (non-hydrogen) atoms. The average Bonchev–Trinajstić information content (AvgIpc) is 0.724. The Morgan fingerprint density at radius 3 is 1.02 bits per heavy atom. The number of nitrogens with zero attached hydrogens (tertiary/aromatic N) is 4. The fourth-order valence-electron chi connectivity index (χ4n) is 20.8. The molecule has 0 saturated heterocycles. The summed E-state index contributed by atoms with van der Waals surface area (Å²) in [4.78, 5) is 5.49. The molecule has 13 bridgehead atoms. The van der Waals surface area contributed by atoms with Crippen LogP contribution in [-0.2, 0) is 16.2 Å². The van der Waals surface area contributed by atoms with Crippen molar-refractivity contribution in [2.45, 2.75) is 78.6 Å². The number of aromatic nitrogens is 2. The number of hydrogen-bond acceptors (Lipinski definition) is 5. The second kappa shape index (κ2) is 25.5. The van der Waals surface area contributed by atoms with Gasteiger partial charge in [0.25, 0.3) is 6.71 Å². The maximum Gasteiger partial charge on any atom is 0.252 e. The van der Waals surface area contributed by atoms with Crippen LogP contribution < -0.4 is 26.2 Å². The van der Waals surface area contributed by atoms with Crippen molar-refractivity contribution in [1.82, 2.24) is 9.13 Å². The molecular formula is C114H83BN4O3. The standard InChI is InChI=1S/C114H83BN4O3/c1-112(2,3)74-58-87(66-26-12-10-13-27-66)106-89(60-74)72-32-24-30-68(54-72)70-42-52-103-91(56-70)92-57-71(43-53-104(92)120-103)69-31-25-33-73(55-69)90-61-75(113(4,5)6)59-88(67-28-14-11-15-29-67)107(90)119-98-65-78(117-96-39-21-17-35-80(96)84-47-49-86-82-37-19-23-41-102(82)122-111(86)109(84)117)45-51-94(98)115-93-50-44-77(64-97(93)118(106)99-62-76(114(7,8)9)63-100(119)105(99)115)116-95-38-20-16-34-79(95)83-46-48-85-81-36-18-22-40-101(81)121-110(85)108(83)116/h10-65H,1-9H3. The minimum atomic E-state index is -0.418. The highest BCUT2D eigenvalue weighted by Crippen LogP contribution is 2.57. The Bertz CT molecular complexity index is 7820. The number of benzene rings is 17. The van der Waals surface area contributed by atoms with Crippen molar-refractivity contribution in [3.63, 3.8) is 0 Å². The van der Waals surface area contributed by atoms with E-state index in [-0.39, 0.29) is 17.5 Å². The lowest BCUT2D eigenvalue weighted by Crippen LogP contribution is -2.61. The van der Waals surface area contributed by atoms with E-state index in [1.807, 2.05) is 0 Å². The largest absolute Gasteiger partial charge is 0.456 e. The normalized spacial score (nSPS) is 13.2. The number of para-hydroxylation sites is 4. The molecule has 0 atom stereocenters. The molecule has 5 aromatic heterocycles. The summed E-state index contributed by atoms with van der Waals surface area (Å²) in [7, 11) is 0. The van der Waals surface area contributed by atoms with E-state index in [1.165, 1.54) is 33.1 Å². The maximum absolute atomic E-state index is 7.21. The molecule has 0 N–H and O–H groups in total. The van der Waals surface area contributed by atoms with Crippen molar-refractivity contribution >= 4 is 167 Å². The van der Waals surface area contributed by atoms with Crippen LogP contribution in [0.1, 0.15) is 79.0 Å². The number of furan rings is 3. The van der Waals surface area contributed by atoms with E-state index < -0.39 is 5.41 Å². The first-order chi connectivity index (χ1) is 59.4. The molecule has 7 nitrogen and oxygen atoms in total. The molecule has 0 radical (unpaired) electrons. The van der Waals surface area contributed by atoms with Crippen LogP contribution in [0, 0.1) is 0 Å². The van der Waals surface area contributed by atoms with E-state index in [0.717, 1.165) is 222 Å². The van der Waals surface area contributed by atoms with Crippen LogP contribution in [0.25, 0.3) is 188 Å². The van der Waals surface area contributed by atoms with Crippen LogP contribution in [0.2, 0.25) is 0 Å². The number of rotatable bonds is 4. The van der Waals surface area contributed by atoms with Gasteiger partial charge in [0.05, 0.1) is 33.4 Å². The fourth-order valence-corrected chi connectivity index (χ4v) is 20.8. The first-order valence-electron chi connectivity index (χ1n) is 42.8. The molecule has 25 rings (SSSR count). The molecule has 8 heteroatoms. The molecular weight excluding hydrogens is 1480 g/mol. The zero-order valence-corrected chi connectivity index (χ0v) is 69.4. The van der Waals surface area contributed by atoms with E-state index in [9.17, 15) is 0 Å². The number of anilines is 6. The smallest absolute Gasteiger partial charge is 0.252 e. The molecule has 8 heterocycles. The highest BCUT2D eigenvalue weighted by molar-refractivity contribution is 7.00. The van der Waals surface area contributed by atoms with Gasteiger partial charge in [0.1, 0.15) is 22.3 Å². The summed E-state index contributed by atoms with van der Waals surface area (Å²) in [6.07, 6.45) is 0. The Morgan fingerprint density at radius 2 is 0.590 bits per heavy atom. The highest BCUT2D eigenvalue weighted by Gasteiger charge is 2.47. The summed E-state index contributed by atoms with van der Waals surface area (Å²) < 4.78 is 26.3. The Labute approximate surface area is 707 Å². The lowest BCUT2D eigenvalue weighted by Gasteiger charge is -2.47. The first-order valence-corrected chi connectivity index (χ1v) is 42.8. The molecule has 0 saturated carbocycles. The summed E-state index contributed by atoms with van der Waals surface area (Å²) in [5, 5.41) is 11.0. The van der Waals surface area contributed by atoms with E-state index in [1.54, 1.807) is 0 Å². The number of fused-ring (bicyclic) bond motifs is 34. The molecule has 580 valence electrons. The molecule has 22 aromatic rings. The lowest BCUT2D eigenvalue weighted by atomic mass is 9.33. The van der Waals surface area contributed by atoms with E-state index in [4.69, 9.17) is 13.3 Å². The van der Waals surface area contributed by atoms with Gasteiger partial charge in [-0.15, -0.1) is 0 Å². The molecule has 3 aliphatic heterocycles. The number of hydrogen-bond donors (Lipinski definition) is 0. The van der Waals surface area contributed by atoms with Crippen molar-refractivity contribution < 1.29 is 13.3 Å². The van der Waals surface area contributed by atoms with E-state index in [0.29, 0.717) is 0 Å².